The standard InChI is InChI=1S/C18H12ClNO3/c19-13-3-1-2-12(8-13)16-7-5-15(23-16)10-20-14-4-6-17-18(9-14)22-11-21-17/h1-10H,11H2. The third-order valence-corrected chi connectivity index (χ3v) is 3.67. The fraction of sp³-hybridized carbons (Fsp3) is 0.0556. The highest BCUT2D eigenvalue weighted by atomic mass is 35.5. The zero-order valence-corrected chi connectivity index (χ0v) is 12.8. The van der Waals surface area contributed by atoms with Gasteiger partial charge in [-0.05, 0) is 36.4 Å². The molecule has 1 aliphatic rings. The summed E-state index contributed by atoms with van der Waals surface area (Å²) < 4.78 is 16.4. The predicted molar refractivity (Wildman–Crippen MR) is 89.0 cm³/mol. The van der Waals surface area contributed by atoms with Gasteiger partial charge in [-0.3, -0.25) is 4.99 Å². The number of furan rings is 1. The average Bonchev–Trinajstić information content (AvgIpc) is 3.21. The number of hydrogen-bond donors (Lipinski definition) is 0. The largest absolute Gasteiger partial charge is 0.455 e. The van der Waals surface area contributed by atoms with Gasteiger partial charge < -0.3 is 13.9 Å². The molecule has 0 saturated carbocycles. The first kappa shape index (κ1) is 13.9. The van der Waals surface area contributed by atoms with E-state index in [1.54, 1.807) is 6.21 Å². The highest BCUT2D eigenvalue weighted by Crippen LogP contribution is 2.35. The molecule has 0 aliphatic carbocycles. The van der Waals surface area contributed by atoms with Gasteiger partial charge >= 0.3 is 0 Å². The quantitative estimate of drug-likeness (QED) is 0.631. The summed E-state index contributed by atoms with van der Waals surface area (Å²) in [7, 11) is 0. The Kier molecular flexibility index (Phi) is 3.52. The summed E-state index contributed by atoms with van der Waals surface area (Å²) in [5.41, 5.74) is 1.70. The van der Waals surface area contributed by atoms with Crippen molar-refractivity contribution in [2.45, 2.75) is 0 Å². The number of hydrogen-bond acceptors (Lipinski definition) is 4. The highest BCUT2D eigenvalue weighted by molar-refractivity contribution is 6.30. The lowest BCUT2D eigenvalue weighted by atomic mass is 10.2. The molecule has 114 valence electrons. The van der Waals surface area contributed by atoms with Gasteiger partial charge in [-0.2, -0.15) is 0 Å². The Morgan fingerprint density at radius 1 is 0.957 bits per heavy atom. The molecule has 1 aliphatic heterocycles. The molecule has 2 aromatic carbocycles. The first-order valence-electron chi connectivity index (χ1n) is 7.07. The summed E-state index contributed by atoms with van der Waals surface area (Å²) in [4.78, 5) is 4.40. The maximum atomic E-state index is 6.00. The van der Waals surface area contributed by atoms with Crippen LogP contribution in [0.25, 0.3) is 11.3 Å². The Bertz CT molecular complexity index is 885. The molecule has 2 heterocycles. The first-order valence-corrected chi connectivity index (χ1v) is 7.45. The van der Waals surface area contributed by atoms with Gasteiger partial charge in [0.15, 0.2) is 11.5 Å². The van der Waals surface area contributed by atoms with Crippen LogP contribution in [0, 0.1) is 0 Å². The van der Waals surface area contributed by atoms with Gasteiger partial charge in [0.25, 0.3) is 0 Å². The Hall–Kier alpha value is -2.72. The van der Waals surface area contributed by atoms with E-state index in [0.717, 1.165) is 22.8 Å². The van der Waals surface area contributed by atoms with Crippen LogP contribution >= 0.6 is 11.6 Å². The number of fused-ring (bicyclic) bond motifs is 1. The van der Waals surface area contributed by atoms with Gasteiger partial charge in [0.2, 0.25) is 6.79 Å². The van der Waals surface area contributed by atoms with Crippen LogP contribution in [0.5, 0.6) is 11.5 Å². The van der Waals surface area contributed by atoms with Crippen molar-refractivity contribution in [3.63, 3.8) is 0 Å². The fourth-order valence-corrected chi connectivity index (χ4v) is 2.51. The van der Waals surface area contributed by atoms with Crippen LogP contribution in [0.4, 0.5) is 5.69 Å². The summed E-state index contributed by atoms with van der Waals surface area (Å²) in [5.74, 6) is 2.86. The Labute approximate surface area is 137 Å². The highest BCUT2D eigenvalue weighted by Gasteiger charge is 2.12. The molecule has 4 rings (SSSR count). The van der Waals surface area contributed by atoms with E-state index < -0.39 is 0 Å². The second kappa shape index (κ2) is 5.82. The van der Waals surface area contributed by atoms with E-state index in [9.17, 15) is 0 Å². The van der Waals surface area contributed by atoms with E-state index in [1.807, 2.05) is 54.6 Å². The molecule has 4 nitrogen and oxygen atoms in total. The minimum Gasteiger partial charge on any atom is -0.455 e. The SMILES string of the molecule is Clc1cccc(-c2ccc(C=Nc3ccc4c(c3)OCO4)o2)c1. The molecule has 0 N–H and O–H groups in total. The van der Waals surface area contributed by atoms with Gasteiger partial charge in [0, 0.05) is 16.7 Å². The molecule has 0 fully saturated rings. The maximum absolute atomic E-state index is 6.00. The molecule has 1 aromatic heterocycles. The number of ether oxygens (including phenoxy) is 2. The lowest BCUT2D eigenvalue weighted by molar-refractivity contribution is 0.174. The zero-order valence-electron chi connectivity index (χ0n) is 12.0. The summed E-state index contributed by atoms with van der Waals surface area (Å²) in [6.45, 7) is 0.254. The van der Waals surface area contributed by atoms with Gasteiger partial charge in [-0.15, -0.1) is 0 Å². The monoisotopic (exact) mass is 325 g/mol. The van der Waals surface area contributed by atoms with Crippen molar-refractivity contribution in [3.05, 3.63) is 65.4 Å². The fourth-order valence-electron chi connectivity index (χ4n) is 2.32. The molecule has 0 atom stereocenters. The van der Waals surface area contributed by atoms with Crippen LogP contribution in [0.15, 0.2) is 64.0 Å². The zero-order chi connectivity index (χ0) is 15.6. The van der Waals surface area contributed by atoms with Crippen molar-refractivity contribution < 1.29 is 13.9 Å². The molecule has 0 amide bonds. The minimum atomic E-state index is 0.254. The number of benzene rings is 2. The lowest BCUT2D eigenvalue weighted by Gasteiger charge is -1.97. The molecule has 0 spiro atoms. The third kappa shape index (κ3) is 2.94. The van der Waals surface area contributed by atoms with Crippen molar-refractivity contribution in [2.24, 2.45) is 4.99 Å². The van der Waals surface area contributed by atoms with E-state index in [-0.39, 0.29) is 6.79 Å². The third-order valence-electron chi connectivity index (χ3n) is 3.43. The van der Waals surface area contributed by atoms with Crippen LogP contribution in [0.3, 0.4) is 0 Å². The summed E-state index contributed by atoms with van der Waals surface area (Å²) in [6.07, 6.45) is 1.67. The smallest absolute Gasteiger partial charge is 0.231 e. The molecular weight excluding hydrogens is 314 g/mol. The van der Waals surface area contributed by atoms with Gasteiger partial charge in [0.05, 0.1) is 11.9 Å². The van der Waals surface area contributed by atoms with Crippen molar-refractivity contribution in [3.8, 4) is 22.8 Å². The average molecular weight is 326 g/mol. The van der Waals surface area contributed by atoms with E-state index in [2.05, 4.69) is 4.99 Å². The van der Waals surface area contributed by atoms with E-state index in [0.29, 0.717) is 16.5 Å². The van der Waals surface area contributed by atoms with Crippen LogP contribution in [-0.4, -0.2) is 13.0 Å². The van der Waals surface area contributed by atoms with Crippen LogP contribution in [-0.2, 0) is 0 Å². The second-order valence-electron chi connectivity index (χ2n) is 5.01. The number of halogens is 1. The Balaban J connectivity index is 1.55. The minimum absolute atomic E-state index is 0.254. The molecule has 0 saturated heterocycles. The number of nitrogens with zero attached hydrogens (tertiary/aromatic N) is 1. The van der Waals surface area contributed by atoms with Gasteiger partial charge in [0.1, 0.15) is 11.5 Å². The Morgan fingerprint density at radius 3 is 2.78 bits per heavy atom. The van der Waals surface area contributed by atoms with Gasteiger partial charge in [-0.1, -0.05) is 23.7 Å². The molecule has 0 bridgehead atoms. The maximum Gasteiger partial charge on any atom is 0.231 e. The number of rotatable bonds is 3. The summed E-state index contributed by atoms with van der Waals surface area (Å²) in [6, 6.07) is 16.8. The molecule has 0 unspecified atom stereocenters. The van der Waals surface area contributed by atoms with Gasteiger partial charge in [-0.25, -0.2) is 0 Å². The van der Waals surface area contributed by atoms with Crippen molar-refractivity contribution >= 4 is 23.5 Å². The van der Waals surface area contributed by atoms with E-state index in [4.69, 9.17) is 25.5 Å². The molecular formula is C18H12ClNO3. The summed E-state index contributed by atoms with van der Waals surface area (Å²) >= 11 is 6.00. The van der Waals surface area contributed by atoms with E-state index in [1.165, 1.54) is 0 Å². The lowest BCUT2D eigenvalue weighted by Crippen LogP contribution is -1.92. The molecule has 23 heavy (non-hydrogen) atoms. The molecule has 5 heteroatoms. The predicted octanol–water partition coefficient (Wildman–Crippen LogP) is 5.08. The molecule has 0 radical (unpaired) electrons. The van der Waals surface area contributed by atoms with Crippen LogP contribution in [0.2, 0.25) is 5.02 Å². The van der Waals surface area contributed by atoms with Crippen molar-refractivity contribution in [1.29, 1.82) is 0 Å². The molecule has 3 aromatic rings. The van der Waals surface area contributed by atoms with Crippen molar-refractivity contribution in [1.82, 2.24) is 0 Å². The van der Waals surface area contributed by atoms with Crippen molar-refractivity contribution in [2.75, 3.05) is 6.79 Å². The van der Waals surface area contributed by atoms with Crippen LogP contribution < -0.4 is 9.47 Å². The Morgan fingerprint density at radius 2 is 1.87 bits per heavy atom. The summed E-state index contributed by atoms with van der Waals surface area (Å²) in [5, 5.41) is 0.675. The van der Waals surface area contributed by atoms with E-state index >= 15 is 0 Å². The first-order chi connectivity index (χ1) is 11.3. The number of aliphatic imine (C=N–C) groups is 1. The topological polar surface area (TPSA) is 44.0 Å². The second-order valence-corrected chi connectivity index (χ2v) is 5.44. The van der Waals surface area contributed by atoms with Crippen LogP contribution in [0.1, 0.15) is 5.76 Å². The normalized spacial score (nSPS) is 12.9.